The molecule has 1 saturated carbocycles. The molecule has 1 amide bonds. The third-order valence-corrected chi connectivity index (χ3v) is 3.74. The summed E-state index contributed by atoms with van der Waals surface area (Å²) in [7, 11) is 0. The van der Waals surface area contributed by atoms with Gasteiger partial charge in [-0.15, -0.1) is 0 Å². The molecule has 0 aromatic carbocycles. The Balaban J connectivity index is 1.69. The molecule has 1 aliphatic heterocycles. The van der Waals surface area contributed by atoms with E-state index in [-0.39, 0.29) is 0 Å². The number of hydrogen-bond acceptors (Lipinski definition) is 2. The smallest absolute Gasteiger partial charge is 0.222 e. The number of rotatable bonds is 6. The van der Waals surface area contributed by atoms with Gasteiger partial charge in [0.2, 0.25) is 5.91 Å². The highest BCUT2D eigenvalue weighted by molar-refractivity contribution is 5.78. The quantitative estimate of drug-likeness (QED) is 0.744. The number of amides is 1. The van der Waals surface area contributed by atoms with Gasteiger partial charge in [-0.25, -0.2) is 0 Å². The Morgan fingerprint density at radius 1 is 1.50 bits per heavy atom. The van der Waals surface area contributed by atoms with Crippen LogP contribution in [0.2, 0.25) is 0 Å². The van der Waals surface area contributed by atoms with Gasteiger partial charge in [0.05, 0.1) is 0 Å². The molecule has 0 bridgehead atoms. The van der Waals surface area contributed by atoms with Crippen LogP contribution >= 0.6 is 0 Å². The predicted octanol–water partition coefficient (Wildman–Crippen LogP) is 1.63. The molecule has 0 aromatic heterocycles. The molecule has 1 N–H and O–H groups in total. The average Bonchev–Trinajstić information content (AvgIpc) is 3.02. The maximum absolute atomic E-state index is 11.7. The van der Waals surface area contributed by atoms with Gasteiger partial charge in [-0.2, -0.15) is 0 Å². The van der Waals surface area contributed by atoms with Crippen molar-refractivity contribution in [1.29, 1.82) is 0 Å². The Bertz CT molecular complexity index is 250. The Morgan fingerprint density at radius 3 is 2.81 bits per heavy atom. The minimum atomic E-state index is 0.366. The summed E-state index contributed by atoms with van der Waals surface area (Å²) >= 11 is 0. The summed E-state index contributed by atoms with van der Waals surface area (Å²) in [5.74, 6) is 1.56. The van der Waals surface area contributed by atoms with Gasteiger partial charge < -0.3 is 10.2 Å². The molecular formula is C13H24N2O. The zero-order valence-electron chi connectivity index (χ0n) is 10.5. The lowest BCUT2D eigenvalue weighted by Crippen LogP contribution is -2.35. The largest absolute Gasteiger partial charge is 0.342 e. The highest BCUT2D eigenvalue weighted by atomic mass is 16.2. The van der Waals surface area contributed by atoms with E-state index in [9.17, 15) is 4.79 Å². The molecular weight excluding hydrogens is 200 g/mol. The van der Waals surface area contributed by atoms with Gasteiger partial charge in [0.25, 0.3) is 0 Å². The maximum atomic E-state index is 11.7. The van der Waals surface area contributed by atoms with Crippen molar-refractivity contribution in [3.63, 3.8) is 0 Å². The molecule has 2 aliphatic rings. The van der Waals surface area contributed by atoms with Crippen molar-refractivity contribution in [2.75, 3.05) is 19.6 Å². The van der Waals surface area contributed by atoms with E-state index in [1.54, 1.807) is 0 Å². The first-order chi connectivity index (χ1) is 7.69. The third kappa shape index (κ3) is 3.21. The normalized spacial score (nSPS) is 27.5. The van der Waals surface area contributed by atoms with Gasteiger partial charge in [0.15, 0.2) is 0 Å². The second-order valence-electron chi connectivity index (χ2n) is 5.56. The fourth-order valence-electron chi connectivity index (χ4n) is 2.40. The number of carbonyl (C=O) groups is 1. The standard InChI is InChI=1S/C13H24N2O/c1-3-11-6-13(16)15(9-11)8-10(2)7-14-12-4-5-12/h10-12,14H,3-9H2,1-2H3. The Labute approximate surface area is 98.6 Å². The molecule has 2 fully saturated rings. The summed E-state index contributed by atoms with van der Waals surface area (Å²) in [6, 6.07) is 0.778. The first kappa shape index (κ1) is 11.9. The summed E-state index contributed by atoms with van der Waals surface area (Å²) in [4.78, 5) is 13.8. The second-order valence-corrected chi connectivity index (χ2v) is 5.56. The van der Waals surface area contributed by atoms with E-state index in [0.717, 1.165) is 38.5 Å². The molecule has 2 rings (SSSR count). The number of likely N-dealkylation sites (tertiary alicyclic amines) is 1. The fourth-order valence-corrected chi connectivity index (χ4v) is 2.40. The van der Waals surface area contributed by atoms with Crippen molar-refractivity contribution in [2.24, 2.45) is 11.8 Å². The topological polar surface area (TPSA) is 32.3 Å². The van der Waals surface area contributed by atoms with Crippen LogP contribution in [0.1, 0.15) is 39.5 Å². The summed E-state index contributed by atoms with van der Waals surface area (Å²) in [5.41, 5.74) is 0. The van der Waals surface area contributed by atoms with Crippen LogP contribution in [0, 0.1) is 11.8 Å². The van der Waals surface area contributed by atoms with Gasteiger partial charge in [-0.05, 0) is 31.2 Å². The number of nitrogens with one attached hydrogen (secondary N) is 1. The van der Waals surface area contributed by atoms with Crippen LogP contribution in [0.15, 0.2) is 0 Å². The second kappa shape index (κ2) is 5.17. The Hall–Kier alpha value is -0.570. The molecule has 0 spiro atoms. The molecule has 1 aliphatic carbocycles. The zero-order valence-corrected chi connectivity index (χ0v) is 10.5. The van der Waals surface area contributed by atoms with Crippen LogP contribution in [0.4, 0.5) is 0 Å². The first-order valence-corrected chi connectivity index (χ1v) is 6.70. The summed E-state index contributed by atoms with van der Waals surface area (Å²) < 4.78 is 0. The molecule has 16 heavy (non-hydrogen) atoms. The molecule has 0 radical (unpaired) electrons. The molecule has 3 nitrogen and oxygen atoms in total. The molecule has 1 heterocycles. The third-order valence-electron chi connectivity index (χ3n) is 3.74. The van der Waals surface area contributed by atoms with Crippen molar-refractivity contribution in [3.05, 3.63) is 0 Å². The predicted molar refractivity (Wildman–Crippen MR) is 65.2 cm³/mol. The van der Waals surface area contributed by atoms with Crippen LogP contribution in [0.5, 0.6) is 0 Å². The van der Waals surface area contributed by atoms with Gasteiger partial charge in [-0.3, -0.25) is 4.79 Å². The van der Waals surface area contributed by atoms with Gasteiger partial charge in [0, 0.05) is 25.6 Å². The lowest BCUT2D eigenvalue weighted by Gasteiger charge is -2.21. The fraction of sp³-hybridized carbons (Fsp3) is 0.923. The van der Waals surface area contributed by atoms with E-state index in [1.807, 2.05) is 0 Å². The number of nitrogens with zero attached hydrogens (tertiary/aromatic N) is 1. The van der Waals surface area contributed by atoms with Crippen LogP contribution in [-0.4, -0.2) is 36.5 Å². The van der Waals surface area contributed by atoms with E-state index >= 15 is 0 Å². The van der Waals surface area contributed by atoms with Gasteiger partial charge >= 0.3 is 0 Å². The van der Waals surface area contributed by atoms with Gasteiger partial charge in [-0.1, -0.05) is 20.3 Å². The average molecular weight is 224 g/mol. The van der Waals surface area contributed by atoms with Gasteiger partial charge in [0.1, 0.15) is 0 Å². The summed E-state index contributed by atoms with van der Waals surface area (Å²) in [6.07, 6.45) is 4.59. The molecule has 3 heteroatoms. The molecule has 2 unspecified atom stereocenters. The van der Waals surface area contributed by atoms with Crippen molar-refractivity contribution in [1.82, 2.24) is 10.2 Å². The van der Waals surface area contributed by atoms with E-state index in [1.165, 1.54) is 12.8 Å². The van der Waals surface area contributed by atoms with E-state index in [0.29, 0.717) is 17.7 Å². The van der Waals surface area contributed by atoms with Crippen molar-refractivity contribution in [2.45, 2.75) is 45.6 Å². The highest BCUT2D eigenvalue weighted by Gasteiger charge is 2.29. The lowest BCUT2D eigenvalue weighted by atomic mass is 10.1. The highest BCUT2D eigenvalue weighted by Crippen LogP contribution is 2.22. The van der Waals surface area contributed by atoms with Crippen LogP contribution in [0.3, 0.4) is 0 Å². The summed E-state index contributed by atoms with van der Waals surface area (Å²) in [5, 5.41) is 3.53. The van der Waals surface area contributed by atoms with E-state index in [4.69, 9.17) is 0 Å². The van der Waals surface area contributed by atoms with Crippen molar-refractivity contribution < 1.29 is 4.79 Å². The minimum Gasteiger partial charge on any atom is -0.342 e. The van der Waals surface area contributed by atoms with E-state index < -0.39 is 0 Å². The Morgan fingerprint density at radius 2 is 2.25 bits per heavy atom. The molecule has 1 saturated heterocycles. The first-order valence-electron chi connectivity index (χ1n) is 6.70. The van der Waals surface area contributed by atoms with Crippen molar-refractivity contribution in [3.8, 4) is 0 Å². The minimum absolute atomic E-state index is 0.366. The lowest BCUT2D eigenvalue weighted by molar-refractivity contribution is -0.128. The SMILES string of the molecule is CCC1CC(=O)N(CC(C)CNC2CC2)C1. The van der Waals surface area contributed by atoms with E-state index in [2.05, 4.69) is 24.1 Å². The molecule has 92 valence electrons. The number of hydrogen-bond donors (Lipinski definition) is 1. The monoisotopic (exact) mass is 224 g/mol. The summed E-state index contributed by atoms with van der Waals surface area (Å²) in [6.45, 7) is 7.41. The van der Waals surface area contributed by atoms with Crippen LogP contribution in [-0.2, 0) is 4.79 Å². The molecule has 0 aromatic rings. The zero-order chi connectivity index (χ0) is 11.5. The van der Waals surface area contributed by atoms with Crippen LogP contribution < -0.4 is 5.32 Å². The Kier molecular flexibility index (Phi) is 3.85. The van der Waals surface area contributed by atoms with Crippen molar-refractivity contribution >= 4 is 5.91 Å². The maximum Gasteiger partial charge on any atom is 0.222 e. The number of carbonyl (C=O) groups excluding carboxylic acids is 1. The molecule has 2 atom stereocenters. The van der Waals surface area contributed by atoms with Crippen LogP contribution in [0.25, 0.3) is 0 Å².